The zero-order chi connectivity index (χ0) is 12.1. The molecule has 0 aliphatic carbocycles. The van der Waals surface area contributed by atoms with E-state index >= 15 is 0 Å². The summed E-state index contributed by atoms with van der Waals surface area (Å²) in [6.45, 7) is 5.70. The molecule has 0 aliphatic rings. The van der Waals surface area contributed by atoms with Crippen LogP contribution in [0.15, 0.2) is 22.7 Å². The van der Waals surface area contributed by atoms with Gasteiger partial charge < -0.3 is 5.32 Å². The molecule has 90 valence electrons. The highest BCUT2D eigenvalue weighted by Crippen LogP contribution is 2.16. The molecule has 1 aromatic rings. The normalized spacial score (nSPS) is 14.8. The van der Waals surface area contributed by atoms with Crippen LogP contribution in [-0.4, -0.2) is 22.3 Å². The van der Waals surface area contributed by atoms with Gasteiger partial charge in [-0.3, -0.25) is 4.21 Å². The van der Waals surface area contributed by atoms with Crippen molar-refractivity contribution in [1.29, 1.82) is 0 Å². The lowest BCUT2D eigenvalue weighted by atomic mass is 10.1. The van der Waals surface area contributed by atoms with E-state index in [4.69, 9.17) is 0 Å². The molecule has 1 aromatic carbocycles. The van der Waals surface area contributed by atoms with Gasteiger partial charge in [-0.15, -0.1) is 0 Å². The number of nitrogens with one attached hydrogen (secondary N) is 1. The molecule has 0 amide bonds. The Morgan fingerprint density at radius 3 is 2.75 bits per heavy atom. The zero-order valence-electron chi connectivity index (χ0n) is 9.92. The average molecular weight is 304 g/mol. The van der Waals surface area contributed by atoms with E-state index in [1.807, 2.05) is 6.92 Å². The third kappa shape index (κ3) is 4.36. The molecule has 2 unspecified atom stereocenters. The SMILES string of the molecule is Cc1cc(CNCC(C)S(C)=O)ccc1Br. The molecule has 0 radical (unpaired) electrons. The number of hydrogen-bond acceptors (Lipinski definition) is 2. The molecule has 2 nitrogen and oxygen atoms in total. The Kier molecular flexibility index (Phi) is 5.66. The fourth-order valence-electron chi connectivity index (χ4n) is 1.35. The second-order valence-electron chi connectivity index (χ2n) is 4.02. The van der Waals surface area contributed by atoms with Gasteiger partial charge in [-0.25, -0.2) is 0 Å². The van der Waals surface area contributed by atoms with E-state index in [0.29, 0.717) is 0 Å². The van der Waals surface area contributed by atoms with E-state index in [1.165, 1.54) is 11.1 Å². The van der Waals surface area contributed by atoms with Gasteiger partial charge >= 0.3 is 0 Å². The summed E-state index contributed by atoms with van der Waals surface area (Å²) in [6.07, 6.45) is 1.75. The van der Waals surface area contributed by atoms with Gasteiger partial charge in [0.05, 0.1) is 0 Å². The van der Waals surface area contributed by atoms with Crippen LogP contribution in [-0.2, 0) is 17.3 Å². The Morgan fingerprint density at radius 2 is 2.19 bits per heavy atom. The first-order chi connectivity index (χ1) is 7.50. The molecule has 4 heteroatoms. The topological polar surface area (TPSA) is 29.1 Å². The third-order valence-electron chi connectivity index (χ3n) is 2.55. The first-order valence-electron chi connectivity index (χ1n) is 5.28. The molecule has 0 saturated heterocycles. The number of rotatable bonds is 5. The summed E-state index contributed by atoms with van der Waals surface area (Å²) in [5.74, 6) is 0. The smallest absolute Gasteiger partial charge is 0.0441 e. The summed E-state index contributed by atoms with van der Waals surface area (Å²) >= 11 is 3.48. The molecular formula is C12H18BrNOS. The second kappa shape index (κ2) is 6.52. The fraction of sp³-hybridized carbons (Fsp3) is 0.500. The van der Waals surface area contributed by atoms with Gasteiger partial charge in [-0.2, -0.15) is 0 Å². The van der Waals surface area contributed by atoms with Crippen molar-refractivity contribution in [2.45, 2.75) is 25.6 Å². The van der Waals surface area contributed by atoms with Gasteiger partial charge in [0.25, 0.3) is 0 Å². The standard InChI is InChI=1S/C12H18BrNOS/c1-9-6-11(4-5-12(9)13)8-14-7-10(2)16(3)15/h4-6,10,14H,7-8H2,1-3H3. The van der Waals surface area contributed by atoms with E-state index < -0.39 is 10.8 Å². The van der Waals surface area contributed by atoms with Crippen molar-refractivity contribution in [2.24, 2.45) is 0 Å². The van der Waals surface area contributed by atoms with Crippen LogP contribution < -0.4 is 5.32 Å². The molecule has 0 bridgehead atoms. The monoisotopic (exact) mass is 303 g/mol. The van der Waals surface area contributed by atoms with Crippen LogP contribution >= 0.6 is 15.9 Å². The minimum atomic E-state index is -0.746. The van der Waals surface area contributed by atoms with Crippen LogP contribution in [0.3, 0.4) is 0 Å². The zero-order valence-corrected chi connectivity index (χ0v) is 12.3. The van der Waals surface area contributed by atoms with Crippen molar-refractivity contribution in [3.05, 3.63) is 33.8 Å². The molecule has 0 heterocycles. The van der Waals surface area contributed by atoms with Crippen molar-refractivity contribution in [2.75, 3.05) is 12.8 Å². The average Bonchev–Trinajstić information content (AvgIpc) is 2.23. The molecular weight excluding hydrogens is 286 g/mol. The predicted molar refractivity (Wildman–Crippen MR) is 74.1 cm³/mol. The molecule has 0 saturated carbocycles. The largest absolute Gasteiger partial charge is 0.311 e. The highest BCUT2D eigenvalue weighted by Gasteiger charge is 2.05. The van der Waals surface area contributed by atoms with E-state index in [2.05, 4.69) is 46.4 Å². The molecule has 16 heavy (non-hydrogen) atoms. The second-order valence-corrected chi connectivity index (χ2v) is 6.68. The van der Waals surface area contributed by atoms with Crippen LogP contribution in [0.5, 0.6) is 0 Å². The summed E-state index contributed by atoms with van der Waals surface area (Å²) in [4.78, 5) is 0. The number of aryl methyl sites for hydroxylation is 1. The van der Waals surface area contributed by atoms with E-state index in [0.717, 1.165) is 17.6 Å². The van der Waals surface area contributed by atoms with Crippen LogP contribution in [0, 0.1) is 6.92 Å². The Labute approximate surface area is 108 Å². The molecule has 0 spiro atoms. The first kappa shape index (κ1) is 13.9. The maximum absolute atomic E-state index is 11.1. The van der Waals surface area contributed by atoms with Crippen LogP contribution in [0.1, 0.15) is 18.1 Å². The molecule has 0 fully saturated rings. The molecule has 0 aromatic heterocycles. The Bertz CT molecular complexity index is 381. The van der Waals surface area contributed by atoms with Gasteiger partial charge in [0.15, 0.2) is 0 Å². The summed E-state index contributed by atoms with van der Waals surface area (Å²) < 4.78 is 12.3. The van der Waals surface area contributed by atoms with E-state index in [-0.39, 0.29) is 5.25 Å². The van der Waals surface area contributed by atoms with Gasteiger partial charge in [0.2, 0.25) is 0 Å². The summed E-state index contributed by atoms with van der Waals surface area (Å²) in [5.41, 5.74) is 2.50. The highest BCUT2D eigenvalue weighted by atomic mass is 79.9. The van der Waals surface area contributed by atoms with Crippen LogP contribution in [0.2, 0.25) is 0 Å². The van der Waals surface area contributed by atoms with Gasteiger partial charge in [-0.05, 0) is 31.0 Å². The number of benzene rings is 1. The Balaban J connectivity index is 2.43. The fourth-order valence-corrected chi connectivity index (χ4v) is 1.95. The Hall–Kier alpha value is -0.190. The van der Waals surface area contributed by atoms with Crippen molar-refractivity contribution in [3.8, 4) is 0 Å². The van der Waals surface area contributed by atoms with Crippen LogP contribution in [0.25, 0.3) is 0 Å². The lowest BCUT2D eigenvalue weighted by Crippen LogP contribution is -2.27. The number of halogens is 1. The van der Waals surface area contributed by atoms with Crippen molar-refractivity contribution >= 4 is 26.7 Å². The lowest BCUT2D eigenvalue weighted by molar-refractivity contribution is 0.647. The summed E-state index contributed by atoms with van der Waals surface area (Å²) in [7, 11) is -0.746. The van der Waals surface area contributed by atoms with E-state index in [9.17, 15) is 4.21 Å². The third-order valence-corrected chi connectivity index (χ3v) is 4.74. The van der Waals surface area contributed by atoms with Gasteiger partial charge in [0.1, 0.15) is 0 Å². The maximum Gasteiger partial charge on any atom is 0.0441 e. The first-order valence-corrected chi connectivity index (χ1v) is 7.70. The minimum absolute atomic E-state index is 0.205. The van der Waals surface area contributed by atoms with Gasteiger partial charge in [-0.1, -0.05) is 28.1 Å². The van der Waals surface area contributed by atoms with Crippen molar-refractivity contribution < 1.29 is 4.21 Å². The number of hydrogen-bond donors (Lipinski definition) is 1. The van der Waals surface area contributed by atoms with Crippen molar-refractivity contribution in [3.63, 3.8) is 0 Å². The highest BCUT2D eigenvalue weighted by molar-refractivity contribution is 9.10. The van der Waals surface area contributed by atoms with Gasteiger partial charge in [0, 0.05) is 39.9 Å². The Morgan fingerprint density at radius 1 is 1.50 bits per heavy atom. The lowest BCUT2D eigenvalue weighted by Gasteiger charge is -2.10. The minimum Gasteiger partial charge on any atom is -0.311 e. The molecule has 1 N–H and O–H groups in total. The molecule has 1 rings (SSSR count). The predicted octanol–water partition coefficient (Wildman–Crippen LogP) is 2.61. The molecule has 2 atom stereocenters. The van der Waals surface area contributed by atoms with E-state index in [1.54, 1.807) is 6.26 Å². The van der Waals surface area contributed by atoms with Crippen molar-refractivity contribution in [1.82, 2.24) is 5.32 Å². The maximum atomic E-state index is 11.1. The summed E-state index contributed by atoms with van der Waals surface area (Å²) in [6, 6.07) is 6.32. The molecule has 0 aliphatic heterocycles. The quantitative estimate of drug-likeness (QED) is 0.906. The van der Waals surface area contributed by atoms with Crippen LogP contribution in [0.4, 0.5) is 0 Å². The summed E-state index contributed by atoms with van der Waals surface area (Å²) in [5, 5.41) is 3.53.